The maximum Gasteiger partial charge on any atom is 0.496 e. The Hall–Kier alpha value is -5.37. The van der Waals surface area contributed by atoms with E-state index in [4.69, 9.17) is 39.9 Å². The van der Waals surface area contributed by atoms with Gasteiger partial charge in [-0.3, -0.25) is 13.8 Å². The minimum absolute atomic E-state index is 0. The maximum atomic E-state index is 14.3. The number of pyridine rings is 2. The number of rotatable bonds is 10. The number of hydrogen-bond donors (Lipinski definition) is 0. The molecule has 7 rings (SSSR count). The van der Waals surface area contributed by atoms with Gasteiger partial charge in [0, 0.05) is 50.0 Å². The van der Waals surface area contributed by atoms with Crippen LogP contribution in [0.1, 0.15) is 81.9 Å². The van der Waals surface area contributed by atoms with Crippen LogP contribution in [0.5, 0.6) is 11.8 Å². The van der Waals surface area contributed by atoms with Crippen LogP contribution >= 0.6 is 11.6 Å². The molecule has 0 spiro atoms. The average Bonchev–Trinajstić information content (AvgIpc) is 3.84. The summed E-state index contributed by atoms with van der Waals surface area (Å²) in [5.74, 6) is -2.30. The van der Waals surface area contributed by atoms with Gasteiger partial charge in [-0.25, -0.2) is 23.7 Å². The van der Waals surface area contributed by atoms with Gasteiger partial charge in [0.15, 0.2) is 45.8 Å². The molecule has 0 aromatic carbocycles. The van der Waals surface area contributed by atoms with E-state index in [1.165, 1.54) is 25.7 Å². The number of hydrogen-bond acceptors (Lipinski definition) is 14. The number of nitrogens with zero attached hydrogens (tertiary/aromatic N) is 10. The molecule has 0 radical (unpaired) electrons. The highest BCUT2D eigenvalue weighted by atomic mass is 35.5. The fourth-order valence-corrected chi connectivity index (χ4v) is 5.29. The number of halogens is 9. The Labute approximate surface area is 380 Å². The largest absolute Gasteiger partial charge is 0.496 e. The second kappa shape index (κ2) is 20.7. The highest BCUT2D eigenvalue weighted by molar-refractivity contribution is 6.62. The molecule has 0 atom stereocenters. The van der Waals surface area contributed by atoms with Crippen LogP contribution in [-0.4, -0.2) is 105 Å². The number of fused-ring (bicyclic) bond motifs is 2. The number of alkyl halides is 6. The zero-order valence-electron chi connectivity index (χ0n) is 35.9. The molecule has 7 heterocycles. The molecule has 1 fully saturated rings. The summed E-state index contributed by atoms with van der Waals surface area (Å²) in [5.41, 5.74) is -4.42. The smallest absolute Gasteiger partial charge is 0.460 e. The van der Waals surface area contributed by atoms with E-state index in [0.717, 1.165) is 39.8 Å². The summed E-state index contributed by atoms with van der Waals surface area (Å²) < 4.78 is 140. The van der Waals surface area contributed by atoms with Crippen LogP contribution in [0.2, 0.25) is 5.15 Å². The van der Waals surface area contributed by atoms with Crippen molar-refractivity contribution in [3.05, 3.63) is 77.8 Å². The average molecular weight is 965 g/mol. The van der Waals surface area contributed by atoms with Crippen molar-refractivity contribution in [2.75, 3.05) is 14.2 Å². The molecule has 0 N–H and O–H groups in total. The molecule has 6 aromatic heterocycles. The van der Waals surface area contributed by atoms with Crippen LogP contribution < -0.4 is 14.9 Å². The van der Waals surface area contributed by atoms with E-state index in [1.54, 1.807) is 34.5 Å². The summed E-state index contributed by atoms with van der Waals surface area (Å²) in [5, 5.41) is 16.1. The fraction of sp³-hybridized carbons (Fsp3) is 0.500. The predicted molar refractivity (Wildman–Crippen MR) is 226 cm³/mol. The van der Waals surface area contributed by atoms with Gasteiger partial charge >= 0.3 is 19.5 Å². The second-order valence-corrected chi connectivity index (χ2v) is 16.3. The Morgan fingerprint density at radius 3 is 1.52 bits per heavy atom. The summed E-state index contributed by atoms with van der Waals surface area (Å²) in [4.78, 5) is 15.4. The van der Waals surface area contributed by atoms with E-state index < -0.39 is 65.3 Å². The molecule has 6 aromatic rings. The Bertz CT molecular complexity index is 2560. The lowest BCUT2D eigenvalue weighted by atomic mass is 9.80. The van der Waals surface area contributed by atoms with E-state index in [1.807, 2.05) is 27.7 Å². The van der Waals surface area contributed by atoms with Gasteiger partial charge in [-0.1, -0.05) is 26.5 Å². The van der Waals surface area contributed by atoms with Gasteiger partial charge in [-0.2, -0.15) is 26.3 Å². The highest BCUT2D eigenvalue weighted by Crippen LogP contribution is 2.38. The van der Waals surface area contributed by atoms with Crippen molar-refractivity contribution in [1.82, 2.24) is 49.1 Å². The number of methoxy groups -OCH3 is 2. The quantitative estimate of drug-likeness (QED) is 0.0945. The normalized spacial score (nSPS) is 14.7. The fourth-order valence-electron chi connectivity index (χ4n) is 5.14. The summed E-state index contributed by atoms with van der Waals surface area (Å²) >= 11 is 5.72. The lowest BCUT2D eigenvalue weighted by molar-refractivity contribution is -0.236. The van der Waals surface area contributed by atoms with Gasteiger partial charge in [0.05, 0.1) is 29.3 Å². The van der Waals surface area contributed by atoms with Gasteiger partial charge in [0.2, 0.25) is 0 Å². The summed E-state index contributed by atoms with van der Waals surface area (Å²) in [6, 6.07) is 2.01. The van der Waals surface area contributed by atoms with Gasteiger partial charge in [-0.15, -0.1) is 20.4 Å². The molecular formula is C40H50BClF8N10O6. The highest BCUT2D eigenvalue weighted by Gasteiger charge is 2.53. The SMILES string of the molecule is C.C.CC(C)(Oc1ncc(B2OC(C)(C)C(C)(C)O2)cc1F)C(F)(F)F.COCc1nnc2cnc(-c3cnc(OC(C)(C)C(F)(F)F)c(F)c3)cn12.COCc1nnc2cnc(Cl)cn12. The van der Waals surface area contributed by atoms with Gasteiger partial charge < -0.3 is 28.3 Å². The standard InChI is InChI=1S/C16H15F4N5O2.C15H20BF4NO3.C7H7ClN4O.2CH4/c1-15(2,16(18,19)20)27-14-10(17)4-9(5-22-14)11-7-25-12(6-21-11)23-24-13(25)8-26-3;1-12(2)13(3,4)24-16(23-12)9-7-10(17)11(21-8-9)22-14(5,6)15(18,19)20;1-13-4-7-11-10-6-2-9-5(8)3-12(6)7;;/h4-7H,8H2,1-3H3;7-8H,1-6H3;2-3H,4H2,1H3;2*1H4. The van der Waals surface area contributed by atoms with Crippen LogP contribution in [-0.2, 0) is 32.0 Å². The minimum Gasteiger partial charge on any atom is -0.460 e. The molecular weight excluding hydrogens is 915 g/mol. The molecule has 0 unspecified atom stereocenters. The van der Waals surface area contributed by atoms with Crippen LogP contribution in [0.4, 0.5) is 35.1 Å². The molecule has 0 saturated carbocycles. The molecule has 0 bridgehead atoms. The Morgan fingerprint density at radius 1 is 0.636 bits per heavy atom. The molecule has 1 aliphatic heterocycles. The van der Waals surface area contributed by atoms with Crippen LogP contribution in [0.25, 0.3) is 22.6 Å². The van der Waals surface area contributed by atoms with Crippen molar-refractivity contribution in [3.8, 4) is 23.0 Å². The first-order valence-corrected chi connectivity index (χ1v) is 19.2. The van der Waals surface area contributed by atoms with Crippen molar-refractivity contribution in [2.24, 2.45) is 0 Å². The lowest BCUT2D eigenvalue weighted by Gasteiger charge is -2.32. The molecule has 66 heavy (non-hydrogen) atoms. The molecule has 26 heteroatoms. The van der Waals surface area contributed by atoms with E-state index in [2.05, 4.69) is 40.3 Å². The number of aromatic nitrogens is 10. The molecule has 0 amide bonds. The Balaban J connectivity index is 0.000000273. The van der Waals surface area contributed by atoms with Crippen LogP contribution in [0.15, 0.2) is 49.3 Å². The molecule has 1 saturated heterocycles. The van der Waals surface area contributed by atoms with E-state index in [9.17, 15) is 35.1 Å². The van der Waals surface area contributed by atoms with E-state index in [-0.39, 0.29) is 32.5 Å². The third kappa shape index (κ3) is 12.3. The monoisotopic (exact) mass is 964 g/mol. The van der Waals surface area contributed by atoms with Crippen molar-refractivity contribution >= 4 is 35.5 Å². The molecule has 0 aliphatic carbocycles. The van der Waals surface area contributed by atoms with Crippen molar-refractivity contribution in [3.63, 3.8) is 0 Å². The first kappa shape index (κ1) is 55.0. The van der Waals surface area contributed by atoms with Crippen molar-refractivity contribution < 1.29 is 63.4 Å². The minimum atomic E-state index is -4.68. The van der Waals surface area contributed by atoms with Crippen molar-refractivity contribution in [2.45, 2.75) is 118 Å². The molecule has 1 aliphatic rings. The third-order valence-electron chi connectivity index (χ3n) is 9.77. The Kier molecular flexibility index (Phi) is 17.2. The topological polar surface area (TPSA) is 167 Å². The molecule has 362 valence electrons. The van der Waals surface area contributed by atoms with E-state index in [0.29, 0.717) is 40.4 Å². The second-order valence-electron chi connectivity index (χ2n) is 15.9. The van der Waals surface area contributed by atoms with E-state index >= 15 is 0 Å². The van der Waals surface area contributed by atoms with Crippen LogP contribution in [0.3, 0.4) is 0 Å². The predicted octanol–water partition coefficient (Wildman–Crippen LogP) is 8.63. The summed E-state index contributed by atoms with van der Waals surface area (Å²) in [6.07, 6.45) is -0.771. The summed E-state index contributed by atoms with van der Waals surface area (Å²) in [6.45, 7) is 11.1. The number of ether oxygens (including phenoxy) is 4. The summed E-state index contributed by atoms with van der Waals surface area (Å²) in [7, 11) is 2.25. The van der Waals surface area contributed by atoms with Gasteiger partial charge in [0.25, 0.3) is 11.8 Å². The van der Waals surface area contributed by atoms with Crippen LogP contribution in [0, 0.1) is 11.6 Å². The first-order valence-electron chi connectivity index (χ1n) is 18.8. The first-order chi connectivity index (χ1) is 29.6. The Morgan fingerprint density at radius 2 is 1.08 bits per heavy atom. The zero-order valence-corrected chi connectivity index (χ0v) is 36.7. The van der Waals surface area contributed by atoms with Gasteiger partial charge in [0.1, 0.15) is 18.4 Å². The van der Waals surface area contributed by atoms with Gasteiger partial charge in [-0.05, 0) is 67.5 Å². The third-order valence-corrected chi connectivity index (χ3v) is 9.96. The zero-order chi connectivity index (χ0) is 47.6. The lowest BCUT2D eigenvalue weighted by Crippen LogP contribution is -2.45. The molecule has 16 nitrogen and oxygen atoms in total. The van der Waals surface area contributed by atoms with Crippen molar-refractivity contribution in [1.29, 1.82) is 0 Å². The maximum absolute atomic E-state index is 14.3.